The minimum absolute atomic E-state index is 0.0887. The summed E-state index contributed by atoms with van der Waals surface area (Å²) in [5.74, 6) is -0.0887. The molecule has 0 aliphatic carbocycles. The molecule has 4 nitrogen and oxygen atoms in total. The number of hydrogen-bond acceptors (Lipinski definition) is 3. The molecule has 1 fully saturated rings. The second-order valence-electron chi connectivity index (χ2n) is 5.07. The predicted molar refractivity (Wildman–Crippen MR) is 80.5 cm³/mol. The Morgan fingerprint density at radius 1 is 1.30 bits per heavy atom. The van der Waals surface area contributed by atoms with Crippen molar-refractivity contribution >= 4 is 29.1 Å². The van der Waals surface area contributed by atoms with Gasteiger partial charge in [0.25, 0.3) is 5.91 Å². The molecule has 2 rings (SSSR count). The average Bonchev–Trinajstić information content (AvgIpc) is 2.41. The molecule has 1 aliphatic rings. The summed E-state index contributed by atoms with van der Waals surface area (Å²) in [4.78, 5) is 16.3. The van der Waals surface area contributed by atoms with Crippen LogP contribution < -0.4 is 0 Å². The monoisotopic (exact) mass is 316 g/mol. The fourth-order valence-electron chi connectivity index (χ4n) is 2.34. The summed E-state index contributed by atoms with van der Waals surface area (Å²) in [7, 11) is 0. The highest BCUT2D eigenvalue weighted by Gasteiger charge is 2.24. The van der Waals surface area contributed by atoms with Gasteiger partial charge in [-0.2, -0.15) is 0 Å². The average molecular weight is 317 g/mol. The predicted octanol–water partition coefficient (Wildman–Crippen LogP) is 2.13. The second-order valence-corrected chi connectivity index (χ2v) is 5.91. The molecule has 0 radical (unpaired) electrons. The van der Waals surface area contributed by atoms with Gasteiger partial charge in [0, 0.05) is 37.7 Å². The molecule has 6 heteroatoms. The van der Waals surface area contributed by atoms with Crippen molar-refractivity contribution in [2.45, 2.75) is 13.0 Å². The van der Waals surface area contributed by atoms with Crippen LogP contribution >= 0.6 is 23.2 Å². The summed E-state index contributed by atoms with van der Waals surface area (Å²) in [6, 6.07) is 4.91. The smallest absolute Gasteiger partial charge is 0.255 e. The van der Waals surface area contributed by atoms with E-state index >= 15 is 0 Å². The van der Waals surface area contributed by atoms with E-state index in [4.69, 9.17) is 23.2 Å². The van der Waals surface area contributed by atoms with Gasteiger partial charge in [-0.1, -0.05) is 23.2 Å². The fourth-order valence-corrected chi connectivity index (χ4v) is 2.71. The maximum absolute atomic E-state index is 12.4. The first kappa shape index (κ1) is 15.6. The normalized spacial score (nSPS) is 18.1. The molecule has 20 heavy (non-hydrogen) atoms. The van der Waals surface area contributed by atoms with Crippen LogP contribution in [0.1, 0.15) is 17.3 Å². The third kappa shape index (κ3) is 3.85. The number of carbonyl (C=O) groups is 1. The van der Waals surface area contributed by atoms with Crippen LogP contribution in [0.3, 0.4) is 0 Å². The highest BCUT2D eigenvalue weighted by atomic mass is 35.5. The second kappa shape index (κ2) is 6.76. The van der Waals surface area contributed by atoms with Gasteiger partial charge in [0.1, 0.15) is 0 Å². The minimum Gasteiger partial charge on any atom is -0.392 e. The summed E-state index contributed by atoms with van der Waals surface area (Å²) < 4.78 is 0. The van der Waals surface area contributed by atoms with Crippen molar-refractivity contribution in [1.29, 1.82) is 0 Å². The van der Waals surface area contributed by atoms with Gasteiger partial charge >= 0.3 is 0 Å². The minimum atomic E-state index is -0.348. The molecule has 110 valence electrons. The van der Waals surface area contributed by atoms with Crippen LogP contribution in [-0.2, 0) is 0 Å². The van der Waals surface area contributed by atoms with E-state index in [-0.39, 0.29) is 12.0 Å². The van der Waals surface area contributed by atoms with Crippen LogP contribution in [0.5, 0.6) is 0 Å². The zero-order valence-corrected chi connectivity index (χ0v) is 12.9. The number of piperazine rings is 1. The zero-order valence-electron chi connectivity index (χ0n) is 11.4. The van der Waals surface area contributed by atoms with E-state index in [1.807, 2.05) is 0 Å². The van der Waals surface area contributed by atoms with Crippen LogP contribution in [-0.4, -0.2) is 59.6 Å². The van der Waals surface area contributed by atoms with Crippen molar-refractivity contribution < 1.29 is 9.90 Å². The standard InChI is InChI=1S/C14H18Cl2N2O2/c1-10(19)9-17-4-6-18(7-5-17)14(20)12-8-11(15)2-3-13(12)16/h2-3,8,10,19H,4-7,9H2,1H3/t10-/m1/s1. The summed E-state index contributed by atoms with van der Waals surface area (Å²) in [5, 5.41) is 10.3. The van der Waals surface area contributed by atoms with Crippen LogP contribution in [0.2, 0.25) is 10.0 Å². The molecule has 1 N–H and O–H groups in total. The molecule has 1 aromatic rings. The molecule has 1 aromatic carbocycles. The third-order valence-electron chi connectivity index (χ3n) is 3.34. The zero-order chi connectivity index (χ0) is 14.7. The summed E-state index contributed by atoms with van der Waals surface area (Å²) in [6.45, 7) is 5.19. The van der Waals surface area contributed by atoms with Gasteiger partial charge in [-0.3, -0.25) is 9.69 Å². The van der Waals surface area contributed by atoms with Crippen molar-refractivity contribution in [3.05, 3.63) is 33.8 Å². The quantitative estimate of drug-likeness (QED) is 0.929. The van der Waals surface area contributed by atoms with Gasteiger partial charge in [-0.15, -0.1) is 0 Å². The molecule has 1 amide bonds. The number of amides is 1. The van der Waals surface area contributed by atoms with Gasteiger partial charge in [0.2, 0.25) is 0 Å². The highest BCUT2D eigenvalue weighted by Crippen LogP contribution is 2.22. The first-order valence-corrected chi connectivity index (χ1v) is 7.37. The van der Waals surface area contributed by atoms with Crippen LogP contribution in [0, 0.1) is 0 Å². The first-order valence-electron chi connectivity index (χ1n) is 6.62. The van der Waals surface area contributed by atoms with Crippen molar-refractivity contribution in [2.75, 3.05) is 32.7 Å². The van der Waals surface area contributed by atoms with E-state index in [9.17, 15) is 9.90 Å². The molecule has 0 spiro atoms. The van der Waals surface area contributed by atoms with Crippen LogP contribution in [0.15, 0.2) is 18.2 Å². The van der Waals surface area contributed by atoms with E-state index in [1.54, 1.807) is 30.0 Å². The maximum atomic E-state index is 12.4. The topological polar surface area (TPSA) is 43.8 Å². The number of nitrogens with zero attached hydrogens (tertiary/aromatic N) is 2. The molecular formula is C14H18Cl2N2O2. The van der Waals surface area contributed by atoms with E-state index in [0.717, 1.165) is 13.1 Å². The Bertz CT molecular complexity index is 486. The third-order valence-corrected chi connectivity index (χ3v) is 3.91. The number of aliphatic hydroxyl groups is 1. The number of hydrogen-bond donors (Lipinski definition) is 1. The fraction of sp³-hybridized carbons (Fsp3) is 0.500. The van der Waals surface area contributed by atoms with Gasteiger partial charge in [-0.05, 0) is 25.1 Å². The molecule has 0 aromatic heterocycles. The number of rotatable bonds is 3. The molecular weight excluding hydrogens is 299 g/mol. The lowest BCUT2D eigenvalue weighted by Gasteiger charge is -2.35. The molecule has 1 atom stereocenters. The van der Waals surface area contributed by atoms with Crippen LogP contribution in [0.25, 0.3) is 0 Å². The Labute approximate surface area is 128 Å². The van der Waals surface area contributed by atoms with Gasteiger partial charge in [0.05, 0.1) is 16.7 Å². The molecule has 1 aliphatic heterocycles. The lowest BCUT2D eigenvalue weighted by Crippen LogP contribution is -2.50. The summed E-state index contributed by atoms with van der Waals surface area (Å²) >= 11 is 12.0. The largest absolute Gasteiger partial charge is 0.392 e. The van der Waals surface area contributed by atoms with Gasteiger partial charge in [-0.25, -0.2) is 0 Å². The number of benzene rings is 1. The van der Waals surface area contributed by atoms with Crippen molar-refractivity contribution in [3.63, 3.8) is 0 Å². The van der Waals surface area contributed by atoms with Crippen LogP contribution in [0.4, 0.5) is 0 Å². The van der Waals surface area contributed by atoms with Crippen molar-refractivity contribution in [3.8, 4) is 0 Å². The Morgan fingerprint density at radius 3 is 2.55 bits per heavy atom. The van der Waals surface area contributed by atoms with E-state index in [0.29, 0.717) is 35.2 Å². The Balaban J connectivity index is 2.00. The Hall–Kier alpha value is -0.810. The van der Waals surface area contributed by atoms with Gasteiger partial charge in [0.15, 0.2) is 0 Å². The lowest BCUT2D eigenvalue weighted by atomic mass is 10.1. The summed E-state index contributed by atoms with van der Waals surface area (Å²) in [5.41, 5.74) is 0.447. The van der Waals surface area contributed by atoms with Gasteiger partial charge < -0.3 is 10.0 Å². The Morgan fingerprint density at radius 2 is 1.95 bits per heavy atom. The first-order chi connectivity index (χ1) is 9.47. The highest BCUT2D eigenvalue weighted by molar-refractivity contribution is 6.35. The van der Waals surface area contributed by atoms with E-state index in [2.05, 4.69) is 4.90 Å². The molecule has 1 heterocycles. The molecule has 0 bridgehead atoms. The molecule has 0 saturated carbocycles. The SMILES string of the molecule is C[C@@H](O)CN1CCN(C(=O)c2cc(Cl)ccc2Cl)CC1. The van der Waals surface area contributed by atoms with Crippen molar-refractivity contribution in [1.82, 2.24) is 9.80 Å². The maximum Gasteiger partial charge on any atom is 0.255 e. The number of halogens is 2. The lowest BCUT2D eigenvalue weighted by molar-refractivity contribution is 0.0554. The Kier molecular flexibility index (Phi) is 5.27. The molecule has 0 unspecified atom stereocenters. The summed E-state index contributed by atoms with van der Waals surface area (Å²) in [6.07, 6.45) is -0.348. The number of carbonyl (C=O) groups excluding carboxylic acids is 1. The molecule has 1 saturated heterocycles. The number of aliphatic hydroxyl groups excluding tert-OH is 1. The number of β-amino-alcohol motifs (C(OH)–C–C–N with tert-alkyl or cyclic N) is 1. The van der Waals surface area contributed by atoms with E-state index in [1.165, 1.54) is 0 Å². The van der Waals surface area contributed by atoms with Crippen molar-refractivity contribution in [2.24, 2.45) is 0 Å². The van der Waals surface area contributed by atoms with E-state index < -0.39 is 0 Å².